The molecule has 1 aliphatic heterocycles. The number of carbonyl (C=O) groups excluding carboxylic acids is 2. The molecular formula is C21H24N2O2. The number of rotatable bonds is 4. The topological polar surface area (TPSA) is 49.4 Å². The molecule has 4 nitrogen and oxygen atoms in total. The second-order valence-corrected chi connectivity index (χ2v) is 6.65. The summed E-state index contributed by atoms with van der Waals surface area (Å²) in [4.78, 5) is 25.6. The Kier molecular flexibility index (Phi) is 5.49. The minimum absolute atomic E-state index is 0.0477. The highest BCUT2D eigenvalue weighted by molar-refractivity contribution is 5.91. The van der Waals surface area contributed by atoms with Gasteiger partial charge in [0, 0.05) is 32.1 Å². The number of carbonyl (C=O) groups is 2. The summed E-state index contributed by atoms with van der Waals surface area (Å²) in [5.41, 5.74) is 3.05. The lowest BCUT2D eigenvalue weighted by Crippen LogP contribution is -2.37. The smallest absolute Gasteiger partial charge is 0.224 e. The molecule has 0 bridgehead atoms. The number of hydrogen-bond acceptors (Lipinski definition) is 2. The maximum absolute atomic E-state index is 12.4. The molecule has 1 aliphatic rings. The van der Waals surface area contributed by atoms with Crippen LogP contribution in [-0.4, -0.2) is 29.8 Å². The first-order chi connectivity index (χ1) is 12.1. The van der Waals surface area contributed by atoms with Crippen LogP contribution in [-0.2, 0) is 9.59 Å². The third kappa shape index (κ3) is 4.69. The van der Waals surface area contributed by atoms with E-state index in [0.717, 1.165) is 42.7 Å². The number of likely N-dealkylation sites (tertiary alicyclic amines) is 1. The molecule has 1 heterocycles. The van der Waals surface area contributed by atoms with Gasteiger partial charge in [0.2, 0.25) is 11.8 Å². The van der Waals surface area contributed by atoms with Crippen LogP contribution in [0.5, 0.6) is 0 Å². The van der Waals surface area contributed by atoms with Gasteiger partial charge in [-0.1, -0.05) is 42.5 Å². The van der Waals surface area contributed by atoms with E-state index in [9.17, 15) is 9.59 Å². The molecule has 0 spiro atoms. The maximum Gasteiger partial charge on any atom is 0.224 e. The lowest BCUT2D eigenvalue weighted by Gasteiger charge is -2.30. The second kappa shape index (κ2) is 7.97. The van der Waals surface area contributed by atoms with Crippen molar-refractivity contribution in [1.29, 1.82) is 0 Å². The fourth-order valence-electron chi connectivity index (χ4n) is 3.33. The molecule has 1 fully saturated rings. The Morgan fingerprint density at radius 2 is 1.68 bits per heavy atom. The van der Waals surface area contributed by atoms with Crippen molar-refractivity contribution in [3.05, 3.63) is 54.6 Å². The molecular weight excluding hydrogens is 312 g/mol. The van der Waals surface area contributed by atoms with Crippen LogP contribution in [0.4, 0.5) is 5.69 Å². The van der Waals surface area contributed by atoms with E-state index in [-0.39, 0.29) is 11.8 Å². The van der Waals surface area contributed by atoms with Crippen LogP contribution in [0, 0.1) is 5.92 Å². The maximum atomic E-state index is 12.4. The molecule has 0 atom stereocenters. The van der Waals surface area contributed by atoms with E-state index in [2.05, 4.69) is 17.4 Å². The Bertz CT molecular complexity index is 735. The predicted octanol–water partition coefficient (Wildman–Crippen LogP) is 3.94. The predicted molar refractivity (Wildman–Crippen MR) is 100 cm³/mol. The van der Waals surface area contributed by atoms with Crippen molar-refractivity contribution in [3.63, 3.8) is 0 Å². The van der Waals surface area contributed by atoms with E-state index in [0.29, 0.717) is 12.3 Å². The van der Waals surface area contributed by atoms with Crippen LogP contribution in [0.25, 0.3) is 11.1 Å². The fraction of sp³-hybridized carbons (Fsp3) is 0.333. The van der Waals surface area contributed by atoms with Gasteiger partial charge in [0.25, 0.3) is 0 Å². The van der Waals surface area contributed by atoms with Gasteiger partial charge < -0.3 is 10.2 Å². The summed E-state index contributed by atoms with van der Waals surface area (Å²) in [5, 5.41) is 3.01. The van der Waals surface area contributed by atoms with Crippen molar-refractivity contribution in [2.45, 2.75) is 26.2 Å². The van der Waals surface area contributed by atoms with Gasteiger partial charge in [0.05, 0.1) is 0 Å². The highest BCUT2D eigenvalue weighted by Crippen LogP contribution is 2.24. The average molecular weight is 336 g/mol. The molecule has 1 N–H and O–H groups in total. The molecule has 1 saturated heterocycles. The Balaban J connectivity index is 1.56. The minimum Gasteiger partial charge on any atom is -0.343 e. The van der Waals surface area contributed by atoms with E-state index < -0.39 is 0 Å². The quantitative estimate of drug-likeness (QED) is 0.919. The third-order valence-corrected chi connectivity index (χ3v) is 4.79. The highest BCUT2D eigenvalue weighted by atomic mass is 16.2. The van der Waals surface area contributed by atoms with Gasteiger partial charge in [-0.3, -0.25) is 9.59 Å². The van der Waals surface area contributed by atoms with Crippen LogP contribution in [0.1, 0.15) is 26.2 Å². The van der Waals surface area contributed by atoms with Crippen LogP contribution < -0.4 is 5.32 Å². The SMILES string of the molecule is CC(=O)N1CCC(CC(=O)Nc2cccc(-c3ccccc3)c2)CC1. The van der Waals surface area contributed by atoms with E-state index in [1.54, 1.807) is 6.92 Å². The van der Waals surface area contributed by atoms with Gasteiger partial charge in [-0.25, -0.2) is 0 Å². The summed E-state index contributed by atoms with van der Waals surface area (Å²) in [6.07, 6.45) is 2.31. The number of piperidine rings is 1. The zero-order valence-corrected chi connectivity index (χ0v) is 14.6. The van der Waals surface area contributed by atoms with E-state index in [1.165, 1.54) is 0 Å². The number of nitrogens with zero attached hydrogens (tertiary/aromatic N) is 1. The standard InChI is InChI=1S/C21H24N2O2/c1-16(24)23-12-10-17(11-13-23)14-21(25)22-20-9-5-8-19(15-20)18-6-3-2-4-7-18/h2-9,15,17H,10-14H2,1H3,(H,22,25). The summed E-state index contributed by atoms with van der Waals surface area (Å²) >= 11 is 0. The Hall–Kier alpha value is -2.62. The van der Waals surface area contributed by atoms with E-state index in [4.69, 9.17) is 0 Å². The first-order valence-corrected chi connectivity index (χ1v) is 8.82. The number of hydrogen-bond donors (Lipinski definition) is 1. The number of nitrogens with one attached hydrogen (secondary N) is 1. The number of benzene rings is 2. The number of anilines is 1. The van der Waals surface area contributed by atoms with Crippen LogP contribution in [0.2, 0.25) is 0 Å². The summed E-state index contributed by atoms with van der Waals surface area (Å²) < 4.78 is 0. The zero-order chi connectivity index (χ0) is 17.6. The van der Waals surface area contributed by atoms with Crippen molar-refractivity contribution in [2.75, 3.05) is 18.4 Å². The molecule has 0 radical (unpaired) electrons. The molecule has 0 aromatic heterocycles. The summed E-state index contributed by atoms with van der Waals surface area (Å²) in [6, 6.07) is 18.1. The van der Waals surface area contributed by atoms with Gasteiger partial charge in [0.15, 0.2) is 0 Å². The van der Waals surface area contributed by atoms with E-state index >= 15 is 0 Å². The Morgan fingerprint density at radius 3 is 2.36 bits per heavy atom. The zero-order valence-electron chi connectivity index (χ0n) is 14.6. The van der Waals surface area contributed by atoms with Gasteiger partial charge in [0.1, 0.15) is 0 Å². The van der Waals surface area contributed by atoms with Crippen molar-refractivity contribution >= 4 is 17.5 Å². The van der Waals surface area contributed by atoms with Gasteiger partial charge in [-0.15, -0.1) is 0 Å². The molecule has 0 aliphatic carbocycles. The fourth-order valence-corrected chi connectivity index (χ4v) is 3.33. The van der Waals surface area contributed by atoms with Gasteiger partial charge >= 0.3 is 0 Å². The molecule has 0 unspecified atom stereocenters. The minimum atomic E-state index is 0.0477. The van der Waals surface area contributed by atoms with Crippen molar-refractivity contribution in [1.82, 2.24) is 4.90 Å². The molecule has 25 heavy (non-hydrogen) atoms. The van der Waals surface area contributed by atoms with Gasteiger partial charge in [-0.2, -0.15) is 0 Å². The lowest BCUT2D eigenvalue weighted by molar-refractivity contribution is -0.130. The molecule has 2 aromatic carbocycles. The summed E-state index contributed by atoms with van der Waals surface area (Å²) in [7, 11) is 0. The molecule has 4 heteroatoms. The Morgan fingerprint density at radius 1 is 1.00 bits per heavy atom. The summed E-state index contributed by atoms with van der Waals surface area (Å²) in [6.45, 7) is 3.13. The molecule has 130 valence electrons. The first kappa shape index (κ1) is 17.2. The normalized spacial score (nSPS) is 15.0. The highest BCUT2D eigenvalue weighted by Gasteiger charge is 2.22. The van der Waals surface area contributed by atoms with Crippen LogP contribution in [0.15, 0.2) is 54.6 Å². The molecule has 3 rings (SSSR count). The summed E-state index contributed by atoms with van der Waals surface area (Å²) in [5.74, 6) is 0.528. The second-order valence-electron chi connectivity index (χ2n) is 6.65. The van der Waals surface area contributed by atoms with Crippen molar-refractivity contribution < 1.29 is 9.59 Å². The largest absolute Gasteiger partial charge is 0.343 e. The van der Waals surface area contributed by atoms with Crippen molar-refractivity contribution in [3.8, 4) is 11.1 Å². The van der Waals surface area contributed by atoms with E-state index in [1.807, 2.05) is 47.4 Å². The molecule has 2 aromatic rings. The molecule has 0 saturated carbocycles. The Labute approximate surface area is 148 Å². The first-order valence-electron chi connectivity index (χ1n) is 8.82. The number of amides is 2. The van der Waals surface area contributed by atoms with Crippen LogP contribution in [0.3, 0.4) is 0 Å². The lowest BCUT2D eigenvalue weighted by atomic mass is 9.93. The third-order valence-electron chi connectivity index (χ3n) is 4.79. The average Bonchev–Trinajstić information content (AvgIpc) is 2.63. The monoisotopic (exact) mass is 336 g/mol. The van der Waals surface area contributed by atoms with Gasteiger partial charge in [-0.05, 0) is 42.0 Å². The van der Waals surface area contributed by atoms with Crippen LogP contribution >= 0.6 is 0 Å². The molecule has 2 amide bonds. The van der Waals surface area contributed by atoms with Crippen molar-refractivity contribution in [2.24, 2.45) is 5.92 Å².